The van der Waals surface area contributed by atoms with Crippen molar-refractivity contribution in [2.24, 2.45) is 0 Å². The van der Waals surface area contributed by atoms with E-state index in [1.807, 2.05) is 24.3 Å². The van der Waals surface area contributed by atoms with Gasteiger partial charge >= 0.3 is 0 Å². The highest BCUT2D eigenvalue weighted by Crippen LogP contribution is 2.17. The van der Waals surface area contributed by atoms with E-state index in [9.17, 15) is 0 Å². The number of halogens is 1. The first-order chi connectivity index (χ1) is 6.24. The molecule has 1 aromatic carbocycles. The SMILES string of the molecule is COC(=N)CCc1ccccc1Br. The van der Waals surface area contributed by atoms with Gasteiger partial charge in [0.15, 0.2) is 5.90 Å². The number of methoxy groups -OCH3 is 1. The quantitative estimate of drug-likeness (QED) is 0.641. The molecule has 0 bridgehead atoms. The van der Waals surface area contributed by atoms with Gasteiger partial charge in [0.05, 0.1) is 7.11 Å². The zero-order valence-electron chi connectivity index (χ0n) is 7.51. The summed E-state index contributed by atoms with van der Waals surface area (Å²) in [6, 6.07) is 8.03. The van der Waals surface area contributed by atoms with Gasteiger partial charge in [-0.1, -0.05) is 34.1 Å². The average molecular weight is 242 g/mol. The summed E-state index contributed by atoms with van der Waals surface area (Å²) in [4.78, 5) is 0. The molecule has 0 aliphatic carbocycles. The maximum absolute atomic E-state index is 7.32. The highest BCUT2D eigenvalue weighted by atomic mass is 79.9. The van der Waals surface area contributed by atoms with Crippen molar-refractivity contribution in [2.75, 3.05) is 7.11 Å². The Balaban J connectivity index is 2.54. The fourth-order valence-electron chi connectivity index (χ4n) is 1.05. The fourth-order valence-corrected chi connectivity index (χ4v) is 1.53. The molecule has 1 aromatic rings. The molecule has 0 atom stereocenters. The fraction of sp³-hybridized carbons (Fsp3) is 0.300. The van der Waals surface area contributed by atoms with Crippen molar-refractivity contribution in [3.63, 3.8) is 0 Å². The Morgan fingerprint density at radius 2 is 2.15 bits per heavy atom. The molecule has 0 saturated heterocycles. The molecule has 0 saturated carbocycles. The highest BCUT2D eigenvalue weighted by Gasteiger charge is 2.00. The van der Waals surface area contributed by atoms with Crippen molar-refractivity contribution in [2.45, 2.75) is 12.8 Å². The molecule has 0 unspecified atom stereocenters. The van der Waals surface area contributed by atoms with Crippen LogP contribution in [0.5, 0.6) is 0 Å². The van der Waals surface area contributed by atoms with Crippen molar-refractivity contribution in [3.05, 3.63) is 34.3 Å². The summed E-state index contributed by atoms with van der Waals surface area (Å²) in [7, 11) is 1.53. The molecule has 70 valence electrons. The summed E-state index contributed by atoms with van der Waals surface area (Å²) >= 11 is 3.46. The second-order valence-corrected chi connectivity index (χ2v) is 3.57. The third-order valence-electron chi connectivity index (χ3n) is 1.83. The maximum atomic E-state index is 7.32. The van der Waals surface area contributed by atoms with E-state index >= 15 is 0 Å². The number of rotatable bonds is 3. The van der Waals surface area contributed by atoms with Gasteiger partial charge < -0.3 is 4.74 Å². The lowest BCUT2D eigenvalue weighted by molar-refractivity contribution is 0.386. The Morgan fingerprint density at radius 3 is 2.77 bits per heavy atom. The van der Waals surface area contributed by atoms with Crippen molar-refractivity contribution in [1.82, 2.24) is 0 Å². The summed E-state index contributed by atoms with van der Waals surface area (Å²) in [5, 5.41) is 7.32. The molecule has 13 heavy (non-hydrogen) atoms. The average Bonchev–Trinajstić information content (AvgIpc) is 2.16. The predicted octanol–water partition coefficient (Wildman–Crippen LogP) is 3.01. The molecular weight excluding hydrogens is 230 g/mol. The summed E-state index contributed by atoms with van der Waals surface area (Å²) in [5.74, 6) is 0.329. The van der Waals surface area contributed by atoms with Crippen molar-refractivity contribution in [3.8, 4) is 0 Å². The molecule has 0 radical (unpaired) electrons. The molecule has 0 fully saturated rings. The molecule has 3 heteroatoms. The van der Waals surface area contributed by atoms with E-state index in [1.165, 1.54) is 12.7 Å². The van der Waals surface area contributed by atoms with E-state index in [0.29, 0.717) is 12.3 Å². The molecule has 0 heterocycles. The molecule has 1 rings (SSSR count). The standard InChI is InChI=1S/C10H12BrNO/c1-13-10(12)7-6-8-4-2-3-5-9(8)11/h2-5,12H,6-7H2,1H3. The van der Waals surface area contributed by atoms with Gasteiger partial charge in [0.25, 0.3) is 0 Å². The van der Waals surface area contributed by atoms with Crippen LogP contribution >= 0.6 is 15.9 Å². The maximum Gasteiger partial charge on any atom is 0.180 e. The number of nitrogens with one attached hydrogen (secondary N) is 1. The summed E-state index contributed by atoms with van der Waals surface area (Å²) in [5.41, 5.74) is 1.21. The number of aryl methyl sites for hydroxylation is 1. The second-order valence-electron chi connectivity index (χ2n) is 2.72. The molecule has 0 aliphatic heterocycles. The lowest BCUT2D eigenvalue weighted by Crippen LogP contribution is -2.01. The van der Waals surface area contributed by atoms with Crippen molar-refractivity contribution < 1.29 is 4.74 Å². The topological polar surface area (TPSA) is 33.1 Å². The normalized spacial score (nSPS) is 9.69. The lowest BCUT2D eigenvalue weighted by Gasteiger charge is -2.04. The summed E-state index contributed by atoms with van der Waals surface area (Å²) in [6.07, 6.45) is 1.49. The van der Waals surface area contributed by atoms with E-state index in [-0.39, 0.29) is 0 Å². The van der Waals surface area contributed by atoms with Gasteiger partial charge in [-0.05, 0) is 18.1 Å². The van der Waals surface area contributed by atoms with Crippen LogP contribution in [0.3, 0.4) is 0 Å². The first-order valence-electron chi connectivity index (χ1n) is 4.09. The molecular formula is C10H12BrNO. The van der Waals surface area contributed by atoms with Crippen LogP contribution in [-0.2, 0) is 11.2 Å². The minimum Gasteiger partial charge on any atom is -0.484 e. The molecule has 0 aliphatic rings. The Hall–Kier alpha value is -0.830. The third kappa shape index (κ3) is 3.19. The van der Waals surface area contributed by atoms with E-state index in [2.05, 4.69) is 15.9 Å². The highest BCUT2D eigenvalue weighted by molar-refractivity contribution is 9.10. The van der Waals surface area contributed by atoms with Crippen LogP contribution in [0.2, 0.25) is 0 Å². The van der Waals surface area contributed by atoms with Crippen LogP contribution in [0.4, 0.5) is 0 Å². The predicted molar refractivity (Wildman–Crippen MR) is 57.2 cm³/mol. The lowest BCUT2D eigenvalue weighted by atomic mass is 10.1. The first kappa shape index (κ1) is 10.3. The zero-order chi connectivity index (χ0) is 9.68. The van der Waals surface area contributed by atoms with Crippen LogP contribution in [0.1, 0.15) is 12.0 Å². The second kappa shape index (κ2) is 5.02. The number of hydrogen-bond acceptors (Lipinski definition) is 2. The van der Waals surface area contributed by atoms with Gasteiger partial charge in [0.1, 0.15) is 0 Å². The molecule has 0 aromatic heterocycles. The van der Waals surface area contributed by atoms with Crippen molar-refractivity contribution >= 4 is 21.8 Å². The van der Waals surface area contributed by atoms with Gasteiger partial charge in [0.2, 0.25) is 0 Å². The van der Waals surface area contributed by atoms with Crippen LogP contribution in [-0.4, -0.2) is 13.0 Å². The minimum atomic E-state index is 0.329. The van der Waals surface area contributed by atoms with E-state index in [1.54, 1.807) is 0 Å². The van der Waals surface area contributed by atoms with Crippen LogP contribution < -0.4 is 0 Å². The van der Waals surface area contributed by atoms with Crippen molar-refractivity contribution in [1.29, 1.82) is 5.41 Å². The van der Waals surface area contributed by atoms with Gasteiger partial charge in [0, 0.05) is 10.9 Å². The van der Waals surface area contributed by atoms with E-state index in [4.69, 9.17) is 10.1 Å². The molecule has 1 N–H and O–H groups in total. The summed E-state index contributed by atoms with van der Waals surface area (Å²) < 4.78 is 5.88. The van der Waals surface area contributed by atoms with Crippen LogP contribution in [0, 0.1) is 5.41 Å². The Morgan fingerprint density at radius 1 is 1.46 bits per heavy atom. The summed E-state index contributed by atoms with van der Waals surface area (Å²) in [6.45, 7) is 0. The number of hydrogen-bond donors (Lipinski definition) is 1. The van der Waals surface area contributed by atoms with Gasteiger partial charge in [-0.15, -0.1) is 0 Å². The van der Waals surface area contributed by atoms with E-state index < -0.39 is 0 Å². The Bertz CT molecular complexity index is 299. The smallest absolute Gasteiger partial charge is 0.180 e. The van der Waals surface area contributed by atoms with Gasteiger partial charge in [-0.2, -0.15) is 0 Å². The van der Waals surface area contributed by atoms with Gasteiger partial charge in [-0.3, -0.25) is 5.41 Å². The van der Waals surface area contributed by atoms with E-state index in [0.717, 1.165) is 10.9 Å². The zero-order valence-corrected chi connectivity index (χ0v) is 9.10. The Kier molecular flexibility index (Phi) is 3.96. The third-order valence-corrected chi connectivity index (χ3v) is 2.60. The number of benzene rings is 1. The number of ether oxygens (including phenoxy) is 1. The molecule has 2 nitrogen and oxygen atoms in total. The Labute approximate surface area is 86.6 Å². The first-order valence-corrected chi connectivity index (χ1v) is 4.88. The van der Waals surface area contributed by atoms with Crippen LogP contribution in [0.25, 0.3) is 0 Å². The van der Waals surface area contributed by atoms with Crippen LogP contribution in [0.15, 0.2) is 28.7 Å². The minimum absolute atomic E-state index is 0.329. The monoisotopic (exact) mass is 241 g/mol. The molecule has 0 spiro atoms. The van der Waals surface area contributed by atoms with Gasteiger partial charge in [-0.25, -0.2) is 0 Å². The largest absolute Gasteiger partial charge is 0.484 e. The molecule has 0 amide bonds.